The minimum atomic E-state index is -1.00. The number of hydrogen-bond acceptors (Lipinski definition) is 4. The predicted molar refractivity (Wildman–Crippen MR) is 161 cm³/mol. The molecule has 0 bridgehead atoms. The molecule has 7 heteroatoms. The molecule has 0 radical (unpaired) electrons. The van der Waals surface area contributed by atoms with E-state index < -0.39 is 5.97 Å². The highest BCUT2D eigenvalue weighted by atomic mass is 79.9. The second-order valence-corrected chi connectivity index (χ2v) is 11.2. The number of halogens is 2. The molecule has 4 rings (SSSR count). The first-order chi connectivity index (χ1) is 18.4. The van der Waals surface area contributed by atoms with Gasteiger partial charge in [-0.15, -0.1) is 0 Å². The van der Waals surface area contributed by atoms with E-state index in [1.54, 1.807) is 18.2 Å². The Morgan fingerprint density at radius 3 is 1.54 bits per heavy atom. The number of hydrogen-bond donors (Lipinski definition) is 1. The lowest BCUT2D eigenvalue weighted by Gasteiger charge is -2.14. The van der Waals surface area contributed by atoms with Crippen molar-refractivity contribution >= 4 is 37.8 Å². The molecule has 0 aliphatic carbocycles. The molecule has 5 nitrogen and oxygen atoms in total. The molecule has 1 N–H and O–H groups in total. The molecule has 4 aromatic rings. The summed E-state index contributed by atoms with van der Waals surface area (Å²) < 4.78 is 13.5. The topological polar surface area (TPSA) is 79.5 Å². The minimum Gasteiger partial charge on any atom is -0.478 e. The molecule has 0 atom stereocenters. The Labute approximate surface area is 246 Å². The number of nitriles is 1. The summed E-state index contributed by atoms with van der Waals surface area (Å²) >= 11 is 6.73. The van der Waals surface area contributed by atoms with Crippen LogP contribution in [0.3, 0.4) is 0 Å². The fourth-order valence-corrected chi connectivity index (χ4v) is 4.99. The molecule has 0 aliphatic rings. The number of aryl methyl sites for hydroxylation is 6. The Morgan fingerprint density at radius 2 is 1.10 bits per heavy atom. The fraction of sp³-hybridized carbons (Fsp3) is 0.188. The maximum Gasteiger partial charge on any atom is 0.339 e. The van der Waals surface area contributed by atoms with Gasteiger partial charge in [0.05, 0.1) is 5.56 Å². The van der Waals surface area contributed by atoms with Crippen LogP contribution in [0, 0.1) is 52.9 Å². The summed E-state index contributed by atoms with van der Waals surface area (Å²) in [5.41, 5.74) is 7.15. The second-order valence-electron chi connectivity index (χ2n) is 9.36. The van der Waals surface area contributed by atoms with Crippen LogP contribution < -0.4 is 9.47 Å². The number of carboxylic acids is 1. The zero-order valence-corrected chi connectivity index (χ0v) is 25.8. The molecule has 200 valence electrons. The largest absolute Gasteiger partial charge is 0.478 e. The molecule has 0 aromatic heterocycles. The summed E-state index contributed by atoms with van der Waals surface area (Å²) in [5, 5.41) is 18.3. The van der Waals surface area contributed by atoms with Crippen LogP contribution in [0.2, 0.25) is 0 Å². The van der Waals surface area contributed by atoms with Crippen molar-refractivity contribution in [3.63, 3.8) is 0 Å². The van der Waals surface area contributed by atoms with Crippen molar-refractivity contribution in [1.82, 2.24) is 0 Å². The molecule has 0 unspecified atom stereocenters. The Balaban J connectivity index is 0.000000216. The van der Waals surface area contributed by atoms with E-state index in [1.165, 1.54) is 11.6 Å². The van der Waals surface area contributed by atoms with Crippen molar-refractivity contribution in [2.45, 2.75) is 41.5 Å². The Kier molecular flexibility index (Phi) is 9.96. The Morgan fingerprint density at radius 1 is 0.692 bits per heavy atom. The summed E-state index contributed by atoms with van der Waals surface area (Å²) in [6.45, 7) is 12.0. The first-order valence-electron chi connectivity index (χ1n) is 12.1. The van der Waals surface area contributed by atoms with Crippen molar-refractivity contribution < 1.29 is 19.4 Å². The average molecular weight is 651 g/mol. The number of benzene rings is 4. The van der Waals surface area contributed by atoms with Crippen LogP contribution in [0.25, 0.3) is 0 Å². The lowest BCUT2D eigenvalue weighted by atomic mass is 10.1. The van der Waals surface area contributed by atoms with Gasteiger partial charge in [-0.05, 0) is 100 Å². The second kappa shape index (κ2) is 13.0. The van der Waals surface area contributed by atoms with Crippen molar-refractivity contribution in [2.24, 2.45) is 0 Å². The van der Waals surface area contributed by atoms with Crippen LogP contribution in [-0.4, -0.2) is 11.1 Å². The third-order valence-corrected chi connectivity index (χ3v) is 6.86. The summed E-state index contributed by atoms with van der Waals surface area (Å²) in [6, 6.07) is 20.6. The number of nitrogens with zero attached hydrogens (tertiary/aromatic N) is 1. The summed E-state index contributed by atoms with van der Waals surface area (Å²) in [5.74, 6) is 1.43. The summed E-state index contributed by atoms with van der Waals surface area (Å²) in [6.07, 6.45) is 0. The summed E-state index contributed by atoms with van der Waals surface area (Å²) in [4.78, 5) is 11.3. The third-order valence-electron chi connectivity index (χ3n) is 5.87. The van der Waals surface area contributed by atoms with Gasteiger partial charge in [0.15, 0.2) is 0 Å². The number of ether oxygens (including phenoxy) is 2. The quantitative estimate of drug-likeness (QED) is 0.232. The SMILES string of the molecule is Cc1cc(C)c(Oc2cc(Br)ccc2C#N)c(C)c1.Cc1cc(C)c(Oc2cc(Br)ccc2C(=O)O)c(C)c1. The van der Waals surface area contributed by atoms with Crippen molar-refractivity contribution in [3.8, 4) is 29.1 Å². The molecule has 39 heavy (non-hydrogen) atoms. The number of carbonyl (C=O) groups is 1. The van der Waals surface area contributed by atoms with Crippen molar-refractivity contribution in [2.75, 3.05) is 0 Å². The highest BCUT2D eigenvalue weighted by Crippen LogP contribution is 2.34. The molecule has 0 spiro atoms. The molecule has 0 saturated carbocycles. The van der Waals surface area contributed by atoms with E-state index >= 15 is 0 Å². The van der Waals surface area contributed by atoms with Gasteiger partial charge in [0, 0.05) is 8.95 Å². The van der Waals surface area contributed by atoms with E-state index in [0.717, 1.165) is 42.5 Å². The van der Waals surface area contributed by atoms with Crippen molar-refractivity contribution in [1.29, 1.82) is 5.26 Å². The molecule has 0 heterocycles. The lowest BCUT2D eigenvalue weighted by molar-refractivity contribution is 0.0694. The van der Waals surface area contributed by atoms with Gasteiger partial charge >= 0.3 is 5.97 Å². The Bertz CT molecular complexity index is 1540. The van der Waals surface area contributed by atoms with Crippen LogP contribution in [-0.2, 0) is 0 Å². The van der Waals surface area contributed by atoms with Gasteiger partial charge in [-0.1, -0.05) is 67.3 Å². The Hall–Kier alpha value is -3.60. The zero-order valence-electron chi connectivity index (χ0n) is 22.6. The van der Waals surface area contributed by atoms with Crippen LogP contribution >= 0.6 is 31.9 Å². The highest BCUT2D eigenvalue weighted by molar-refractivity contribution is 9.10. The maximum absolute atomic E-state index is 11.3. The first-order valence-corrected chi connectivity index (χ1v) is 13.7. The van der Waals surface area contributed by atoms with E-state index in [1.807, 2.05) is 58.9 Å². The molecule has 0 aliphatic heterocycles. The predicted octanol–water partition coefficient (Wildman–Crippen LogP) is 9.90. The fourth-order valence-electron chi connectivity index (χ4n) is 4.31. The molecule has 0 amide bonds. The monoisotopic (exact) mass is 649 g/mol. The van der Waals surface area contributed by atoms with E-state index in [4.69, 9.17) is 14.7 Å². The third kappa shape index (κ3) is 7.72. The van der Waals surface area contributed by atoms with Gasteiger partial charge in [-0.25, -0.2) is 4.79 Å². The van der Waals surface area contributed by atoms with Gasteiger partial charge in [0.2, 0.25) is 0 Å². The van der Waals surface area contributed by atoms with Gasteiger partial charge in [0.25, 0.3) is 0 Å². The normalized spacial score (nSPS) is 10.2. The maximum atomic E-state index is 11.3. The average Bonchev–Trinajstić information content (AvgIpc) is 2.84. The highest BCUT2D eigenvalue weighted by Gasteiger charge is 2.15. The van der Waals surface area contributed by atoms with Crippen LogP contribution in [0.5, 0.6) is 23.0 Å². The van der Waals surface area contributed by atoms with Crippen LogP contribution in [0.15, 0.2) is 69.6 Å². The van der Waals surface area contributed by atoms with E-state index in [9.17, 15) is 9.90 Å². The first kappa shape index (κ1) is 29.9. The standard InChI is InChI=1S/C16H14BrNO.C16H15BrO3/c1-10-6-11(2)16(12(3)7-10)19-15-8-14(17)5-4-13(15)9-18;1-9-6-10(2)15(11(3)7-9)20-14-8-12(17)4-5-13(14)16(18)19/h4-8H,1-3H3;4-8H,1-3H3,(H,18,19). The van der Waals surface area contributed by atoms with Gasteiger partial charge in [0.1, 0.15) is 34.6 Å². The number of carboxylic acid groups (broad SMARTS) is 1. The van der Waals surface area contributed by atoms with Gasteiger partial charge in [-0.2, -0.15) is 5.26 Å². The molecule has 0 saturated heterocycles. The van der Waals surface area contributed by atoms with E-state index in [2.05, 4.69) is 57.0 Å². The summed E-state index contributed by atoms with van der Waals surface area (Å²) in [7, 11) is 0. The van der Waals surface area contributed by atoms with Gasteiger partial charge in [-0.3, -0.25) is 0 Å². The number of rotatable bonds is 5. The van der Waals surface area contributed by atoms with E-state index in [-0.39, 0.29) is 5.56 Å². The smallest absolute Gasteiger partial charge is 0.339 e. The van der Waals surface area contributed by atoms with E-state index in [0.29, 0.717) is 22.8 Å². The lowest BCUT2D eigenvalue weighted by Crippen LogP contribution is -2.01. The van der Waals surface area contributed by atoms with Crippen LogP contribution in [0.4, 0.5) is 0 Å². The molecular formula is C32H29Br2NO4. The minimum absolute atomic E-state index is 0.146. The number of aromatic carboxylic acids is 1. The molecule has 4 aromatic carbocycles. The zero-order chi connectivity index (χ0) is 28.9. The molecular weight excluding hydrogens is 622 g/mol. The molecule has 0 fully saturated rings. The van der Waals surface area contributed by atoms with Gasteiger partial charge < -0.3 is 14.6 Å². The van der Waals surface area contributed by atoms with Crippen LogP contribution in [0.1, 0.15) is 49.3 Å². The van der Waals surface area contributed by atoms with Crippen molar-refractivity contribution in [3.05, 3.63) is 114 Å².